The van der Waals surface area contributed by atoms with Gasteiger partial charge in [-0.3, -0.25) is 18.3 Å². The molecule has 1 N–H and O–H groups in total. The first-order valence-electron chi connectivity index (χ1n) is 11.2. The zero-order valence-corrected chi connectivity index (χ0v) is 21.7. The number of nitrogens with one attached hydrogen (secondary N) is 1. The smallest absolute Gasteiger partial charge is 0.313 e. The van der Waals surface area contributed by atoms with Gasteiger partial charge in [0.2, 0.25) is 0 Å². The maximum atomic E-state index is 3.81. The van der Waals surface area contributed by atoms with Crippen molar-refractivity contribution in [3.05, 3.63) is 0 Å². The van der Waals surface area contributed by atoms with Crippen LogP contribution in [0.5, 0.6) is 0 Å². The Labute approximate surface area is 172 Å². The van der Waals surface area contributed by atoms with Crippen molar-refractivity contribution in [1.82, 2.24) is 23.6 Å². The number of hydrogen-bond donors (Lipinski definition) is 1. The molecule has 164 valence electrons. The van der Waals surface area contributed by atoms with Gasteiger partial charge in [-0.15, -0.1) is 0 Å². The van der Waals surface area contributed by atoms with E-state index < -0.39 is 8.72 Å². The maximum absolute atomic E-state index is 3.81. The average molecular weight is 402 g/mol. The van der Waals surface area contributed by atoms with Crippen molar-refractivity contribution in [2.24, 2.45) is 0 Å². The van der Waals surface area contributed by atoms with E-state index in [1.54, 1.807) is 0 Å². The number of rotatable bonds is 14. The third kappa shape index (κ3) is 4.17. The first-order chi connectivity index (χ1) is 12.7. The Bertz CT molecular complexity index is 375. The molecular weight excluding hydrogens is 350 g/mol. The van der Waals surface area contributed by atoms with Crippen LogP contribution in [0.15, 0.2) is 0 Å². The van der Waals surface area contributed by atoms with E-state index in [1.165, 1.54) is 0 Å². The Balaban J connectivity index is 6.92. The van der Waals surface area contributed by atoms with Gasteiger partial charge in [-0.1, -0.05) is 48.5 Å². The van der Waals surface area contributed by atoms with Gasteiger partial charge >= 0.3 is 8.72 Å². The Morgan fingerprint density at radius 1 is 0.630 bits per heavy atom. The molecule has 0 unspecified atom stereocenters. The molecular formula is C21H51N5Si. The summed E-state index contributed by atoms with van der Waals surface area (Å²) in [6.45, 7) is 19.5. The Morgan fingerprint density at radius 3 is 1.15 bits per heavy atom. The monoisotopic (exact) mass is 401 g/mol. The summed E-state index contributed by atoms with van der Waals surface area (Å²) in [6, 6.07) is 0. The first kappa shape index (κ1) is 27.0. The van der Waals surface area contributed by atoms with Crippen molar-refractivity contribution < 1.29 is 0 Å². The number of nitrogens with zero attached hydrogens (tertiary/aromatic N) is 4. The lowest BCUT2D eigenvalue weighted by Gasteiger charge is -2.64. The quantitative estimate of drug-likeness (QED) is 0.449. The summed E-state index contributed by atoms with van der Waals surface area (Å²) in [5.74, 6) is 0. The molecule has 0 spiro atoms. The summed E-state index contributed by atoms with van der Waals surface area (Å²) in [5, 5.41) is 3.81. The molecule has 0 radical (unpaired) electrons. The van der Waals surface area contributed by atoms with Crippen LogP contribution in [0.2, 0.25) is 0 Å². The van der Waals surface area contributed by atoms with Crippen LogP contribution in [0.4, 0.5) is 0 Å². The highest BCUT2D eigenvalue weighted by molar-refractivity contribution is 6.69. The van der Waals surface area contributed by atoms with Gasteiger partial charge in [-0.25, -0.2) is 0 Å². The minimum absolute atomic E-state index is 0.0910. The molecule has 0 aliphatic heterocycles. The standard InChI is InChI=1S/C21H51N5Si/c1-13-20(14-2,22-8)21(15-3,16-4)26(12)27(23(9)17-5,24(10)18-6)25(11)19-7/h22H,13-19H2,1-12H3. The largest absolute Gasteiger partial charge is 0.376 e. The molecule has 0 rings (SSSR count). The molecule has 0 atom stereocenters. The van der Waals surface area contributed by atoms with Crippen molar-refractivity contribution in [3.8, 4) is 0 Å². The van der Waals surface area contributed by atoms with Gasteiger partial charge < -0.3 is 5.32 Å². The Hall–Kier alpha value is 0.0169. The molecule has 0 aromatic carbocycles. The van der Waals surface area contributed by atoms with Gasteiger partial charge in [0.25, 0.3) is 0 Å². The molecule has 0 aromatic rings. The van der Waals surface area contributed by atoms with Crippen LogP contribution >= 0.6 is 0 Å². The maximum Gasteiger partial charge on any atom is 0.376 e. The van der Waals surface area contributed by atoms with Crippen LogP contribution in [0.1, 0.15) is 74.1 Å². The first-order valence-corrected chi connectivity index (χ1v) is 13.0. The minimum Gasteiger partial charge on any atom is -0.313 e. The van der Waals surface area contributed by atoms with E-state index in [2.05, 4.69) is 107 Å². The number of hydrogen-bond acceptors (Lipinski definition) is 5. The van der Waals surface area contributed by atoms with Crippen LogP contribution in [-0.2, 0) is 0 Å². The van der Waals surface area contributed by atoms with E-state index >= 15 is 0 Å². The molecule has 27 heavy (non-hydrogen) atoms. The van der Waals surface area contributed by atoms with Crippen LogP contribution in [0.3, 0.4) is 0 Å². The summed E-state index contributed by atoms with van der Waals surface area (Å²) in [5.41, 5.74) is 0.189. The summed E-state index contributed by atoms with van der Waals surface area (Å²) in [6.07, 6.45) is 4.56. The fourth-order valence-electron chi connectivity index (χ4n) is 5.78. The lowest BCUT2D eigenvalue weighted by atomic mass is 9.69. The van der Waals surface area contributed by atoms with Crippen LogP contribution in [0.25, 0.3) is 0 Å². The second-order valence-corrected chi connectivity index (χ2v) is 12.1. The van der Waals surface area contributed by atoms with Crippen LogP contribution < -0.4 is 5.32 Å². The second-order valence-electron chi connectivity index (χ2n) is 7.98. The molecule has 0 saturated heterocycles. The molecule has 0 aromatic heterocycles. The van der Waals surface area contributed by atoms with Gasteiger partial charge in [0.15, 0.2) is 0 Å². The topological polar surface area (TPSA) is 25.0 Å². The van der Waals surface area contributed by atoms with Gasteiger partial charge in [-0.05, 0) is 80.6 Å². The van der Waals surface area contributed by atoms with E-state index in [1.807, 2.05) is 0 Å². The summed E-state index contributed by atoms with van der Waals surface area (Å²) >= 11 is 0. The molecule has 0 fully saturated rings. The molecule has 6 heteroatoms. The fourth-order valence-corrected chi connectivity index (χ4v) is 11.4. The zero-order chi connectivity index (χ0) is 21.5. The van der Waals surface area contributed by atoms with Crippen molar-refractivity contribution in [2.45, 2.75) is 85.2 Å². The van der Waals surface area contributed by atoms with Crippen molar-refractivity contribution in [3.63, 3.8) is 0 Å². The van der Waals surface area contributed by atoms with E-state index in [9.17, 15) is 0 Å². The molecule has 0 aliphatic rings. The zero-order valence-electron chi connectivity index (χ0n) is 20.7. The van der Waals surface area contributed by atoms with Crippen LogP contribution in [-0.4, -0.2) is 92.9 Å². The minimum atomic E-state index is -2.25. The highest BCUT2D eigenvalue weighted by atomic mass is 28.4. The molecule has 0 aliphatic carbocycles. The SMILES string of the molecule is CCN(C)[Si](N(C)CC)(N(C)CC)N(C)C(CC)(CC)C(CC)(CC)NC. The van der Waals surface area contributed by atoms with Gasteiger partial charge in [0.05, 0.1) is 0 Å². The Kier molecular flexibility index (Phi) is 11.3. The van der Waals surface area contributed by atoms with E-state index in [0.29, 0.717) is 0 Å². The summed E-state index contributed by atoms with van der Waals surface area (Å²) in [4.78, 5) is 0. The lowest BCUT2D eigenvalue weighted by Crippen LogP contribution is -2.86. The van der Waals surface area contributed by atoms with Gasteiger partial charge in [0, 0.05) is 11.1 Å². The number of likely N-dealkylation sites (N-methyl/N-ethyl adjacent to an activating group) is 2. The van der Waals surface area contributed by atoms with E-state index in [0.717, 1.165) is 45.3 Å². The molecule has 0 amide bonds. The third-order valence-corrected chi connectivity index (χ3v) is 13.1. The predicted molar refractivity (Wildman–Crippen MR) is 124 cm³/mol. The van der Waals surface area contributed by atoms with Crippen molar-refractivity contribution >= 4 is 8.72 Å². The third-order valence-electron chi connectivity index (χ3n) is 7.80. The average Bonchev–Trinajstić information content (AvgIpc) is 2.71. The molecule has 0 heterocycles. The second kappa shape index (κ2) is 11.3. The predicted octanol–water partition coefficient (Wildman–Crippen LogP) is 3.55. The Morgan fingerprint density at radius 2 is 0.963 bits per heavy atom. The van der Waals surface area contributed by atoms with Gasteiger partial charge in [-0.2, -0.15) is 0 Å². The summed E-state index contributed by atoms with van der Waals surface area (Å²) in [7, 11) is 9.32. The highest BCUT2D eigenvalue weighted by Gasteiger charge is 2.60. The highest BCUT2D eigenvalue weighted by Crippen LogP contribution is 2.43. The van der Waals surface area contributed by atoms with Crippen molar-refractivity contribution in [1.29, 1.82) is 0 Å². The van der Waals surface area contributed by atoms with E-state index in [4.69, 9.17) is 0 Å². The fraction of sp³-hybridized carbons (Fsp3) is 1.00. The lowest BCUT2D eigenvalue weighted by molar-refractivity contribution is 0.0209. The molecule has 5 nitrogen and oxygen atoms in total. The summed E-state index contributed by atoms with van der Waals surface area (Å²) < 4.78 is 10.8. The molecule has 0 saturated carbocycles. The van der Waals surface area contributed by atoms with Crippen LogP contribution in [0, 0.1) is 0 Å². The molecule has 0 bridgehead atoms. The van der Waals surface area contributed by atoms with Gasteiger partial charge in [0.1, 0.15) is 0 Å². The van der Waals surface area contributed by atoms with Crippen molar-refractivity contribution in [2.75, 3.05) is 54.9 Å². The van der Waals surface area contributed by atoms with E-state index in [-0.39, 0.29) is 11.1 Å². The normalized spacial score (nSPS) is 14.2.